The first-order chi connectivity index (χ1) is 7.15. The van der Waals surface area contributed by atoms with Crippen LogP contribution in [-0.2, 0) is 0 Å². The van der Waals surface area contributed by atoms with Crippen LogP contribution in [0, 0.1) is 11.3 Å². The van der Waals surface area contributed by atoms with E-state index in [-0.39, 0.29) is 0 Å². The highest BCUT2D eigenvalue weighted by Gasteiger charge is 2.34. The Bertz CT molecular complexity index is 177. The van der Waals surface area contributed by atoms with Crippen molar-refractivity contribution in [1.29, 1.82) is 0 Å². The van der Waals surface area contributed by atoms with E-state index in [0.717, 1.165) is 25.6 Å². The quantitative estimate of drug-likeness (QED) is 0.758. The van der Waals surface area contributed by atoms with Crippen molar-refractivity contribution in [3.8, 4) is 0 Å². The molecular formula is C13H28N2. The van der Waals surface area contributed by atoms with Gasteiger partial charge in [0, 0.05) is 6.54 Å². The van der Waals surface area contributed by atoms with Gasteiger partial charge in [0.15, 0.2) is 0 Å². The summed E-state index contributed by atoms with van der Waals surface area (Å²) in [6.45, 7) is 11.3. The summed E-state index contributed by atoms with van der Waals surface area (Å²) in [6, 6.07) is 0. The Morgan fingerprint density at radius 1 is 1.33 bits per heavy atom. The molecule has 0 aromatic heterocycles. The van der Waals surface area contributed by atoms with Gasteiger partial charge in [-0.1, -0.05) is 33.6 Å². The zero-order chi connectivity index (χ0) is 11.3. The Hall–Kier alpha value is -0.0800. The molecule has 1 rings (SSSR count). The molecule has 2 atom stereocenters. The van der Waals surface area contributed by atoms with E-state index in [1.807, 2.05) is 0 Å². The molecule has 0 radical (unpaired) electrons. The fourth-order valence-electron chi connectivity index (χ4n) is 3.08. The normalized spacial score (nSPS) is 32.2. The largest absolute Gasteiger partial charge is 0.330 e. The first-order valence-electron chi connectivity index (χ1n) is 6.58. The molecule has 1 fully saturated rings. The summed E-state index contributed by atoms with van der Waals surface area (Å²) in [6.07, 6.45) is 5.45. The summed E-state index contributed by atoms with van der Waals surface area (Å²) in [5.41, 5.74) is 6.45. The van der Waals surface area contributed by atoms with Gasteiger partial charge in [0.2, 0.25) is 0 Å². The summed E-state index contributed by atoms with van der Waals surface area (Å²) in [4.78, 5) is 2.53. The number of nitrogens with two attached hydrogens (primary N) is 1. The molecule has 1 aliphatic rings. The monoisotopic (exact) mass is 212 g/mol. The van der Waals surface area contributed by atoms with Gasteiger partial charge in [-0.2, -0.15) is 0 Å². The first kappa shape index (κ1) is 13.0. The van der Waals surface area contributed by atoms with Crippen molar-refractivity contribution in [3.63, 3.8) is 0 Å². The second-order valence-electron chi connectivity index (χ2n) is 5.37. The van der Waals surface area contributed by atoms with Gasteiger partial charge < -0.3 is 10.6 Å². The maximum atomic E-state index is 6.03. The van der Waals surface area contributed by atoms with E-state index in [9.17, 15) is 0 Å². The van der Waals surface area contributed by atoms with E-state index in [2.05, 4.69) is 25.7 Å². The lowest BCUT2D eigenvalue weighted by Gasteiger charge is -2.42. The fourth-order valence-corrected chi connectivity index (χ4v) is 3.08. The average Bonchev–Trinajstić information content (AvgIpc) is 2.26. The summed E-state index contributed by atoms with van der Waals surface area (Å²) < 4.78 is 0. The van der Waals surface area contributed by atoms with Crippen LogP contribution in [-0.4, -0.2) is 31.1 Å². The predicted molar refractivity (Wildman–Crippen MR) is 66.9 cm³/mol. The van der Waals surface area contributed by atoms with E-state index < -0.39 is 0 Å². The Morgan fingerprint density at radius 2 is 2.00 bits per heavy atom. The minimum Gasteiger partial charge on any atom is -0.330 e. The molecule has 0 saturated heterocycles. The van der Waals surface area contributed by atoms with Crippen molar-refractivity contribution in [1.82, 2.24) is 4.90 Å². The molecule has 0 amide bonds. The summed E-state index contributed by atoms with van der Waals surface area (Å²) in [7, 11) is 0. The minimum atomic E-state index is 0.420. The highest BCUT2D eigenvalue weighted by atomic mass is 15.1. The van der Waals surface area contributed by atoms with Gasteiger partial charge in [0.25, 0.3) is 0 Å². The zero-order valence-corrected chi connectivity index (χ0v) is 10.8. The van der Waals surface area contributed by atoms with Gasteiger partial charge >= 0.3 is 0 Å². The lowest BCUT2D eigenvalue weighted by Crippen LogP contribution is -2.45. The maximum absolute atomic E-state index is 6.03. The van der Waals surface area contributed by atoms with E-state index in [1.165, 1.54) is 32.2 Å². The van der Waals surface area contributed by atoms with Crippen LogP contribution in [0.1, 0.15) is 46.5 Å². The van der Waals surface area contributed by atoms with Crippen LogP contribution in [0.3, 0.4) is 0 Å². The Balaban J connectivity index is 2.58. The van der Waals surface area contributed by atoms with Gasteiger partial charge in [0.1, 0.15) is 0 Å². The molecule has 0 bridgehead atoms. The molecule has 0 heterocycles. The van der Waals surface area contributed by atoms with Crippen molar-refractivity contribution < 1.29 is 0 Å². The molecule has 0 aromatic carbocycles. The van der Waals surface area contributed by atoms with Gasteiger partial charge in [-0.15, -0.1) is 0 Å². The smallest absolute Gasteiger partial charge is 0.00499 e. The van der Waals surface area contributed by atoms with Gasteiger partial charge in [0.05, 0.1) is 0 Å². The summed E-state index contributed by atoms with van der Waals surface area (Å²) >= 11 is 0. The van der Waals surface area contributed by atoms with Crippen molar-refractivity contribution in [2.75, 3.05) is 26.2 Å². The molecule has 90 valence electrons. The second kappa shape index (κ2) is 5.86. The van der Waals surface area contributed by atoms with E-state index in [0.29, 0.717) is 5.41 Å². The molecule has 2 heteroatoms. The van der Waals surface area contributed by atoms with Crippen molar-refractivity contribution >= 4 is 0 Å². The average molecular weight is 212 g/mol. The maximum Gasteiger partial charge on any atom is 0.00499 e. The third kappa shape index (κ3) is 3.46. The highest BCUT2D eigenvalue weighted by molar-refractivity contribution is 4.88. The molecular weight excluding hydrogens is 184 g/mol. The minimum absolute atomic E-state index is 0.420. The Kier molecular flexibility index (Phi) is 5.07. The molecule has 0 aliphatic heterocycles. The van der Waals surface area contributed by atoms with Crippen LogP contribution >= 0.6 is 0 Å². The molecule has 2 unspecified atom stereocenters. The molecule has 0 aromatic rings. The molecule has 2 N–H and O–H groups in total. The van der Waals surface area contributed by atoms with Crippen LogP contribution in [0.15, 0.2) is 0 Å². The Morgan fingerprint density at radius 3 is 2.47 bits per heavy atom. The van der Waals surface area contributed by atoms with Gasteiger partial charge in [-0.05, 0) is 43.8 Å². The molecule has 1 saturated carbocycles. The van der Waals surface area contributed by atoms with Crippen LogP contribution < -0.4 is 5.73 Å². The number of hydrogen-bond donors (Lipinski definition) is 1. The lowest BCUT2D eigenvalue weighted by molar-refractivity contribution is 0.0937. The SMILES string of the molecule is CCN(CC)CC1(CN)CCCC(C)C1. The van der Waals surface area contributed by atoms with Crippen molar-refractivity contribution in [2.24, 2.45) is 17.1 Å². The summed E-state index contributed by atoms with van der Waals surface area (Å²) in [5, 5.41) is 0. The number of hydrogen-bond acceptors (Lipinski definition) is 2. The standard InChI is InChI=1S/C13H28N2/c1-4-15(5-2)11-13(10-14)8-6-7-12(3)9-13/h12H,4-11,14H2,1-3H3. The van der Waals surface area contributed by atoms with Crippen LogP contribution in [0.2, 0.25) is 0 Å². The third-order valence-electron chi connectivity index (χ3n) is 4.07. The van der Waals surface area contributed by atoms with E-state index in [4.69, 9.17) is 5.73 Å². The van der Waals surface area contributed by atoms with Crippen molar-refractivity contribution in [3.05, 3.63) is 0 Å². The number of nitrogens with zero attached hydrogens (tertiary/aromatic N) is 1. The van der Waals surface area contributed by atoms with E-state index in [1.54, 1.807) is 0 Å². The topological polar surface area (TPSA) is 29.3 Å². The molecule has 2 nitrogen and oxygen atoms in total. The zero-order valence-electron chi connectivity index (χ0n) is 10.8. The number of rotatable bonds is 5. The molecule has 0 spiro atoms. The first-order valence-corrected chi connectivity index (χ1v) is 6.58. The van der Waals surface area contributed by atoms with Crippen LogP contribution in [0.25, 0.3) is 0 Å². The highest BCUT2D eigenvalue weighted by Crippen LogP contribution is 2.39. The van der Waals surface area contributed by atoms with Crippen LogP contribution in [0.4, 0.5) is 0 Å². The van der Waals surface area contributed by atoms with Gasteiger partial charge in [-0.25, -0.2) is 0 Å². The van der Waals surface area contributed by atoms with Gasteiger partial charge in [-0.3, -0.25) is 0 Å². The molecule has 1 aliphatic carbocycles. The fraction of sp³-hybridized carbons (Fsp3) is 1.00. The second-order valence-corrected chi connectivity index (χ2v) is 5.37. The van der Waals surface area contributed by atoms with Crippen LogP contribution in [0.5, 0.6) is 0 Å². The Labute approximate surface area is 95.2 Å². The van der Waals surface area contributed by atoms with Crippen molar-refractivity contribution in [2.45, 2.75) is 46.5 Å². The summed E-state index contributed by atoms with van der Waals surface area (Å²) in [5.74, 6) is 0.873. The lowest BCUT2D eigenvalue weighted by atomic mass is 9.69. The van der Waals surface area contributed by atoms with E-state index >= 15 is 0 Å². The predicted octanol–water partition coefficient (Wildman–Crippen LogP) is 2.48. The third-order valence-corrected chi connectivity index (χ3v) is 4.07. The molecule has 15 heavy (non-hydrogen) atoms.